The number of guanidine groups is 1. The fourth-order valence-corrected chi connectivity index (χ4v) is 2.43. The first-order chi connectivity index (χ1) is 12.1. The molecule has 0 fully saturated rings. The van der Waals surface area contributed by atoms with E-state index in [2.05, 4.69) is 17.2 Å². The topological polar surface area (TPSA) is 68.9 Å². The Morgan fingerprint density at radius 2 is 2.08 bits per heavy atom. The van der Waals surface area contributed by atoms with Gasteiger partial charge in [-0.3, -0.25) is 0 Å². The quantitative estimate of drug-likeness (QED) is 0.414. The number of methoxy groups -OCH3 is 1. The number of aliphatic imine (C=N–C) groups is 1. The maximum atomic E-state index is 6.10. The molecular weight excluding hydrogens is 338 g/mol. The van der Waals surface area contributed by atoms with Crippen LogP contribution in [0.5, 0.6) is 11.5 Å². The highest BCUT2D eigenvalue weighted by molar-refractivity contribution is 6.32. The molecule has 6 heteroatoms. The number of halogens is 1. The molecule has 0 aliphatic rings. The summed E-state index contributed by atoms with van der Waals surface area (Å²) in [7, 11) is 1.57. The molecule has 0 spiro atoms. The molecule has 0 aliphatic heterocycles. The van der Waals surface area contributed by atoms with Crippen molar-refractivity contribution in [2.45, 2.75) is 26.3 Å². The van der Waals surface area contributed by atoms with Gasteiger partial charge in [0.15, 0.2) is 5.96 Å². The Labute approximate surface area is 153 Å². The van der Waals surface area contributed by atoms with Crippen molar-refractivity contribution in [3.8, 4) is 11.5 Å². The van der Waals surface area contributed by atoms with Crippen molar-refractivity contribution in [2.75, 3.05) is 19.0 Å². The molecule has 2 aromatic carbocycles. The monoisotopic (exact) mass is 361 g/mol. The maximum absolute atomic E-state index is 6.10. The third kappa shape index (κ3) is 6.19. The number of nitrogens with one attached hydrogen (secondary N) is 1. The van der Waals surface area contributed by atoms with E-state index in [-0.39, 0.29) is 0 Å². The molecule has 25 heavy (non-hydrogen) atoms. The van der Waals surface area contributed by atoms with Crippen LogP contribution in [0.1, 0.15) is 25.3 Å². The predicted molar refractivity (Wildman–Crippen MR) is 104 cm³/mol. The van der Waals surface area contributed by atoms with Gasteiger partial charge in [-0.25, -0.2) is 4.99 Å². The van der Waals surface area contributed by atoms with Gasteiger partial charge in [0.25, 0.3) is 0 Å². The van der Waals surface area contributed by atoms with Crippen molar-refractivity contribution in [1.29, 1.82) is 0 Å². The molecule has 0 aromatic heterocycles. The Kier molecular flexibility index (Phi) is 7.41. The molecule has 0 atom stereocenters. The van der Waals surface area contributed by atoms with Crippen LogP contribution in [0.3, 0.4) is 0 Å². The molecule has 3 N–H and O–H groups in total. The van der Waals surface area contributed by atoms with Crippen LogP contribution < -0.4 is 20.5 Å². The molecule has 0 radical (unpaired) electrons. The van der Waals surface area contributed by atoms with Gasteiger partial charge in [-0.15, -0.1) is 0 Å². The lowest BCUT2D eigenvalue weighted by atomic mass is 10.2. The molecule has 0 saturated heterocycles. The number of nitrogens with zero attached hydrogens (tertiary/aromatic N) is 1. The smallest absolute Gasteiger partial charge is 0.193 e. The second-order valence-electron chi connectivity index (χ2n) is 5.53. The van der Waals surface area contributed by atoms with Gasteiger partial charge < -0.3 is 20.5 Å². The van der Waals surface area contributed by atoms with Crippen molar-refractivity contribution in [3.63, 3.8) is 0 Å². The molecule has 0 aliphatic carbocycles. The number of unbranched alkanes of at least 4 members (excludes halogenated alkanes) is 1. The molecular formula is C19H24ClN3O2. The maximum Gasteiger partial charge on any atom is 0.193 e. The van der Waals surface area contributed by atoms with Gasteiger partial charge in [0, 0.05) is 5.69 Å². The lowest BCUT2D eigenvalue weighted by Crippen LogP contribution is -2.22. The highest BCUT2D eigenvalue weighted by Crippen LogP contribution is 2.27. The van der Waals surface area contributed by atoms with Crippen LogP contribution in [-0.4, -0.2) is 19.7 Å². The van der Waals surface area contributed by atoms with Gasteiger partial charge in [-0.1, -0.05) is 37.1 Å². The lowest BCUT2D eigenvalue weighted by molar-refractivity contribution is 0.309. The van der Waals surface area contributed by atoms with Crippen LogP contribution in [0.2, 0.25) is 5.02 Å². The lowest BCUT2D eigenvalue weighted by Gasteiger charge is -2.09. The standard InChI is InChI=1S/C19H24ClN3O2/c1-3-4-10-25-16-7-5-6-14(11-16)13-22-19(21)23-15-8-9-18(24-2)17(20)12-15/h5-9,11-12H,3-4,10,13H2,1-2H3,(H3,21,22,23). The summed E-state index contributed by atoms with van der Waals surface area (Å²) < 4.78 is 10.8. The Hall–Kier alpha value is -2.40. The first-order valence-corrected chi connectivity index (χ1v) is 8.62. The Morgan fingerprint density at radius 1 is 1.24 bits per heavy atom. The molecule has 134 valence electrons. The first kappa shape index (κ1) is 18.9. The van der Waals surface area contributed by atoms with Crippen molar-refractivity contribution in [1.82, 2.24) is 0 Å². The summed E-state index contributed by atoms with van der Waals surface area (Å²) in [4.78, 5) is 4.35. The first-order valence-electron chi connectivity index (χ1n) is 8.24. The number of nitrogens with two attached hydrogens (primary N) is 1. The van der Waals surface area contributed by atoms with Crippen LogP contribution in [0.4, 0.5) is 5.69 Å². The van der Waals surface area contributed by atoms with Gasteiger partial charge in [0.1, 0.15) is 11.5 Å². The van der Waals surface area contributed by atoms with E-state index in [1.807, 2.05) is 30.3 Å². The Balaban J connectivity index is 1.94. The largest absolute Gasteiger partial charge is 0.495 e. The van der Waals surface area contributed by atoms with Crippen LogP contribution in [0.25, 0.3) is 0 Å². The van der Waals surface area contributed by atoms with Gasteiger partial charge in [0.2, 0.25) is 0 Å². The van der Waals surface area contributed by atoms with E-state index >= 15 is 0 Å². The van der Waals surface area contributed by atoms with Gasteiger partial charge in [0.05, 0.1) is 25.3 Å². The van der Waals surface area contributed by atoms with Crippen LogP contribution >= 0.6 is 11.6 Å². The highest BCUT2D eigenvalue weighted by Gasteiger charge is 2.03. The number of ether oxygens (including phenoxy) is 2. The van der Waals surface area contributed by atoms with E-state index in [1.54, 1.807) is 19.2 Å². The zero-order valence-corrected chi connectivity index (χ0v) is 15.3. The summed E-state index contributed by atoms with van der Waals surface area (Å²) in [6.45, 7) is 3.33. The van der Waals surface area contributed by atoms with Crippen molar-refractivity contribution >= 4 is 23.2 Å². The fraction of sp³-hybridized carbons (Fsp3) is 0.316. The number of rotatable bonds is 8. The summed E-state index contributed by atoms with van der Waals surface area (Å²) in [5.74, 6) is 1.79. The van der Waals surface area contributed by atoms with E-state index in [0.717, 1.165) is 36.4 Å². The molecule has 5 nitrogen and oxygen atoms in total. The third-order valence-electron chi connectivity index (χ3n) is 3.52. The summed E-state index contributed by atoms with van der Waals surface area (Å²) in [5.41, 5.74) is 7.73. The van der Waals surface area contributed by atoms with Gasteiger partial charge in [-0.05, 0) is 42.3 Å². The minimum absolute atomic E-state index is 0.318. The average molecular weight is 362 g/mol. The zero-order chi connectivity index (χ0) is 18.1. The molecule has 0 heterocycles. The number of hydrogen-bond acceptors (Lipinski definition) is 3. The van der Waals surface area contributed by atoms with Crippen LogP contribution in [0, 0.1) is 0 Å². The minimum atomic E-state index is 0.318. The van der Waals surface area contributed by atoms with E-state index in [0.29, 0.717) is 23.3 Å². The highest BCUT2D eigenvalue weighted by atomic mass is 35.5. The predicted octanol–water partition coefficient (Wildman–Crippen LogP) is 4.45. The molecule has 0 unspecified atom stereocenters. The molecule has 0 saturated carbocycles. The summed E-state index contributed by atoms with van der Waals surface area (Å²) in [5, 5.41) is 3.53. The van der Waals surface area contributed by atoms with Gasteiger partial charge >= 0.3 is 0 Å². The third-order valence-corrected chi connectivity index (χ3v) is 3.82. The van der Waals surface area contributed by atoms with Crippen molar-refractivity contribution in [3.05, 3.63) is 53.1 Å². The zero-order valence-electron chi connectivity index (χ0n) is 14.6. The van der Waals surface area contributed by atoms with Gasteiger partial charge in [-0.2, -0.15) is 0 Å². The number of hydrogen-bond donors (Lipinski definition) is 2. The van der Waals surface area contributed by atoms with E-state index in [9.17, 15) is 0 Å². The van der Waals surface area contributed by atoms with E-state index in [1.165, 1.54) is 0 Å². The number of benzene rings is 2. The second kappa shape index (κ2) is 9.79. The van der Waals surface area contributed by atoms with Crippen molar-refractivity contribution in [2.24, 2.45) is 10.7 Å². The minimum Gasteiger partial charge on any atom is -0.495 e. The average Bonchev–Trinajstić information content (AvgIpc) is 2.61. The van der Waals surface area contributed by atoms with Crippen LogP contribution in [-0.2, 0) is 6.54 Å². The SMILES string of the molecule is CCCCOc1cccc(CN=C(N)Nc2ccc(OC)c(Cl)c2)c1. The second-order valence-corrected chi connectivity index (χ2v) is 5.93. The van der Waals surface area contributed by atoms with Crippen LogP contribution in [0.15, 0.2) is 47.5 Å². The van der Waals surface area contributed by atoms with E-state index < -0.39 is 0 Å². The van der Waals surface area contributed by atoms with E-state index in [4.69, 9.17) is 26.8 Å². The molecule has 2 rings (SSSR count). The Bertz CT molecular complexity index is 720. The Morgan fingerprint density at radius 3 is 2.80 bits per heavy atom. The molecule has 0 bridgehead atoms. The molecule has 0 amide bonds. The summed E-state index contributed by atoms with van der Waals surface area (Å²) in [6, 6.07) is 13.2. The fourth-order valence-electron chi connectivity index (χ4n) is 2.18. The molecule has 2 aromatic rings. The number of anilines is 1. The van der Waals surface area contributed by atoms with Crippen molar-refractivity contribution < 1.29 is 9.47 Å². The summed E-state index contributed by atoms with van der Waals surface area (Å²) >= 11 is 6.10. The normalized spacial score (nSPS) is 11.2. The summed E-state index contributed by atoms with van der Waals surface area (Å²) in [6.07, 6.45) is 2.16.